The lowest BCUT2D eigenvalue weighted by molar-refractivity contribution is 0.178. The van der Waals surface area contributed by atoms with Crippen LogP contribution in [0.3, 0.4) is 0 Å². The number of aliphatic hydroxyl groups excluding tert-OH is 1. The van der Waals surface area contributed by atoms with E-state index in [0.29, 0.717) is 17.8 Å². The van der Waals surface area contributed by atoms with Gasteiger partial charge < -0.3 is 10.8 Å². The number of rotatable bonds is 3. The zero-order valence-electron chi connectivity index (χ0n) is 9.34. The first-order valence-electron chi connectivity index (χ1n) is 5.14. The highest BCUT2D eigenvalue weighted by Gasteiger charge is 2.15. The molecule has 0 radical (unpaired) electrons. The van der Waals surface area contributed by atoms with Crippen LogP contribution in [-0.2, 0) is 13.5 Å². The number of nitrogens with two attached hydrogens (primary N) is 1. The molecule has 0 aliphatic carbocycles. The minimum atomic E-state index is -0.683. The van der Waals surface area contributed by atoms with Gasteiger partial charge in [-0.3, -0.25) is 9.67 Å². The van der Waals surface area contributed by atoms with E-state index < -0.39 is 6.10 Å². The van der Waals surface area contributed by atoms with Crippen molar-refractivity contribution in [2.24, 2.45) is 7.05 Å². The number of anilines is 1. The van der Waals surface area contributed by atoms with Crippen LogP contribution in [0.5, 0.6) is 0 Å². The number of pyridine rings is 1. The number of halogens is 1. The molecule has 0 bridgehead atoms. The summed E-state index contributed by atoms with van der Waals surface area (Å²) in [6.07, 6.45) is 3.02. The summed E-state index contributed by atoms with van der Waals surface area (Å²) in [5, 5.41) is 14.0. The van der Waals surface area contributed by atoms with Gasteiger partial charge >= 0.3 is 0 Å². The minimum Gasteiger partial charge on any atom is -0.388 e. The van der Waals surface area contributed by atoms with Crippen molar-refractivity contribution in [3.63, 3.8) is 0 Å². The van der Waals surface area contributed by atoms with E-state index in [9.17, 15) is 5.11 Å². The number of aryl methyl sites for hydroxylation is 1. The molecule has 0 aliphatic rings. The van der Waals surface area contributed by atoms with Crippen molar-refractivity contribution in [2.75, 3.05) is 5.73 Å². The van der Waals surface area contributed by atoms with Crippen LogP contribution in [0.15, 0.2) is 29.0 Å². The lowest BCUT2D eigenvalue weighted by atomic mass is 10.1. The number of hydrogen-bond donors (Lipinski definition) is 2. The van der Waals surface area contributed by atoms with E-state index in [-0.39, 0.29) is 0 Å². The standard InChI is InChI=1S/C11H13BrN4O/c1-16-11(13)9(6-15-16)10(17)4-8-3-2-7(12)5-14-8/h2-3,5-6,10,17H,4,13H2,1H3. The van der Waals surface area contributed by atoms with Gasteiger partial charge in [-0.05, 0) is 28.1 Å². The van der Waals surface area contributed by atoms with Gasteiger partial charge in [0, 0.05) is 35.4 Å². The summed E-state index contributed by atoms with van der Waals surface area (Å²) < 4.78 is 2.45. The van der Waals surface area contributed by atoms with Gasteiger partial charge in [-0.1, -0.05) is 0 Å². The quantitative estimate of drug-likeness (QED) is 0.898. The second-order valence-corrected chi connectivity index (χ2v) is 4.71. The molecule has 5 nitrogen and oxygen atoms in total. The molecule has 90 valence electrons. The van der Waals surface area contributed by atoms with Crippen molar-refractivity contribution in [2.45, 2.75) is 12.5 Å². The molecule has 0 spiro atoms. The summed E-state index contributed by atoms with van der Waals surface area (Å²) in [6, 6.07) is 3.75. The maximum absolute atomic E-state index is 10.1. The topological polar surface area (TPSA) is 77.0 Å². The van der Waals surface area contributed by atoms with E-state index in [0.717, 1.165) is 10.2 Å². The molecule has 1 unspecified atom stereocenters. The Morgan fingerprint density at radius 3 is 2.76 bits per heavy atom. The van der Waals surface area contributed by atoms with Crippen LogP contribution in [0.2, 0.25) is 0 Å². The molecule has 0 saturated carbocycles. The summed E-state index contributed by atoms with van der Waals surface area (Å²) in [6.45, 7) is 0. The van der Waals surface area contributed by atoms with Crippen LogP contribution >= 0.6 is 15.9 Å². The van der Waals surface area contributed by atoms with Crippen molar-refractivity contribution in [3.8, 4) is 0 Å². The van der Waals surface area contributed by atoms with Gasteiger partial charge in [0.15, 0.2) is 0 Å². The van der Waals surface area contributed by atoms with Gasteiger partial charge in [-0.2, -0.15) is 5.10 Å². The lowest BCUT2D eigenvalue weighted by Gasteiger charge is -2.09. The highest BCUT2D eigenvalue weighted by Crippen LogP contribution is 2.22. The third-order valence-electron chi connectivity index (χ3n) is 2.56. The summed E-state index contributed by atoms with van der Waals surface area (Å²) in [5.41, 5.74) is 7.24. The Balaban J connectivity index is 2.14. The minimum absolute atomic E-state index is 0.420. The number of nitrogen functional groups attached to an aromatic ring is 1. The van der Waals surface area contributed by atoms with Crippen molar-refractivity contribution in [1.29, 1.82) is 0 Å². The van der Waals surface area contributed by atoms with E-state index in [1.54, 1.807) is 19.4 Å². The third-order valence-corrected chi connectivity index (χ3v) is 3.03. The van der Waals surface area contributed by atoms with Gasteiger partial charge in [0.05, 0.1) is 12.3 Å². The summed E-state index contributed by atoms with van der Waals surface area (Å²) in [5.74, 6) is 0.481. The molecule has 0 amide bonds. The Morgan fingerprint density at radius 2 is 2.24 bits per heavy atom. The highest BCUT2D eigenvalue weighted by atomic mass is 79.9. The molecule has 6 heteroatoms. The van der Waals surface area contributed by atoms with E-state index in [1.165, 1.54) is 4.68 Å². The van der Waals surface area contributed by atoms with E-state index >= 15 is 0 Å². The van der Waals surface area contributed by atoms with Crippen LogP contribution < -0.4 is 5.73 Å². The van der Waals surface area contributed by atoms with E-state index in [2.05, 4.69) is 26.0 Å². The highest BCUT2D eigenvalue weighted by molar-refractivity contribution is 9.10. The molecular weight excluding hydrogens is 284 g/mol. The maximum Gasteiger partial charge on any atom is 0.127 e. The zero-order chi connectivity index (χ0) is 12.4. The molecular formula is C11H13BrN4O. The van der Waals surface area contributed by atoms with Crippen molar-refractivity contribution in [3.05, 3.63) is 40.3 Å². The number of nitrogens with zero attached hydrogens (tertiary/aromatic N) is 3. The molecule has 0 fully saturated rings. The Bertz CT molecular complexity index is 509. The maximum atomic E-state index is 10.1. The van der Waals surface area contributed by atoms with Gasteiger partial charge in [-0.15, -0.1) is 0 Å². The van der Waals surface area contributed by atoms with E-state index in [4.69, 9.17) is 5.73 Å². The van der Waals surface area contributed by atoms with Gasteiger partial charge in [0.25, 0.3) is 0 Å². The Morgan fingerprint density at radius 1 is 1.47 bits per heavy atom. The van der Waals surface area contributed by atoms with Crippen LogP contribution in [0, 0.1) is 0 Å². The molecule has 0 saturated heterocycles. The first kappa shape index (κ1) is 12.1. The van der Waals surface area contributed by atoms with Crippen molar-refractivity contribution in [1.82, 2.24) is 14.8 Å². The number of hydrogen-bond acceptors (Lipinski definition) is 4. The largest absolute Gasteiger partial charge is 0.388 e. The second-order valence-electron chi connectivity index (χ2n) is 3.80. The van der Waals surface area contributed by atoms with Crippen LogP contribution in [0.1, 0.15) is 17.4 Å². The summed E-state index contributed by atoms with van der Waals surface area (Å²) in [7, 11) is 1.74. The first-order chi connectivity index (χ1) is 8.08. The molecule has 2 heterocycles. The normalized spacial score (nSPS) is 12.6. The zero-order valence-corrected chi connectivity index (χ0v) is 10.9. The van der Waals surface area contributed by atoms with Crippen molar-refractivity contribution >= 4 is 21.7 Å². The van der Waals surface area contributed by atoms with Gasteiger partial charge in [0.2, 0.25) is 0 Å². The van der Waals surface area contributed by atoms with Crippen LogP contribution in [0.4, 0.5) is 5.82 Å². The fourth-order valence-electron chi connectivity index (χ4n) is 1.56. The number of aliphatic hydroxyl groups is 1. The van der Waals surface area contributed by atoms with Gasteiger partial charge in [0.1, 0.15) is 5.82 Å². The molecule has 2 aromatic heterocycles. The lowest BCUT2D eigenvalue weighted by Crippen LogP contribution is -2.06. The Labute approximate surface area is 107 Å². The molecule has 2 aromatic rings. The van der Waals surface area contributed by atoms with Crippen LogP contribution in [0.25, 0.3) is 0 Å². The number of aromatic nitrogens is 3. The molecule has 1 atom stereocenters. The van der Waals surface area contributed by atoms with Gasteiger partial charge in [-0.25, -0.2) is 0 Å². The van der Waals surface area contributed by atoms with E-state index in [1.807, 2.05) is 12.1 Å². The molecule has 3 N–H and O–H groups in total. The molecule has 0 aromatic carbocycles. The average molecular weight is 297 g/mol. The predicted molar refractivity (Wildman–Crippen MR) is 68.2 cm³/mol. The first-order valence-corrected chi connectivity index (χ1v) is 5.93. The average Bonchev–Trinajstić information content (AvgIpc) is 2.63. The summed E-state index contributed by atoms with van der Waals surface area (Å²) in [4.78, 5) is 4.21. The Hall–Kier alpha value is -1.40. The molecule has 2 rings (SSSR count). The fraction of sp³-hybridized carbons (Fsp3) is 0.273. The SMILES string of the molecule is Cn1ncc(C(O)Cc2ccc(Br)cn2)c1N. The second kappa shape index (κ2) is 4.85. The third kappa shape index (κ3) is 2.65. The van der Waals surface area contributed by atoms with Crippen molar-refractivity contribution < 1.29 is 5.11 Å². The monoisotopic (exact) mass is 296 g/mol. The summed E-state index contributed by atoms with van der Waals surface area (Å²) >= 11 is 3.31. The Kier molecular flexibility index (Phi) is 3.44. The smallest absolute Gasteiger partial charge is 0.127 e. The molecule has 17 heavy (non-hydrogen) atoms. The van der Waals surface area contributed by atoms with Crippen LogP contribution in [-0.4, -0.2) is 19.9 Å². The predicted octanol–water partition coefficient (Wildman–Crippen LogP) is 1.44. The molecule has 0 aliphatic heterocycles. The fourth-order valence-corrected chi connectivity index (χ4v) is 1.79.